The molecule has 236 valence electrons. The third-order valence-electron chi connectivity index (χ3n) is 7.37. The van der Waals surface area contributed by atoms with Crippen molar-refractivity contribution in [1.29, 1.82) is 0 Å². The van der Waals surface area contributed by atoms with E-state index in [1.165, 1.54) is 0 Å². The highest BCUT2D eigenvalue weighted by molar-refractivity contribution is 5.21. The zero-order chi connectivity index (χ0) is 30.9. The van der Waals surface area contributed by atoms with Crippen molar-refractivity contribution in [3.8, 4) is 5.75 Å². The van der Waals surface area contributed by atoms with E-state index in [1.807, 2.05) is 127 Å². The third kappa shape index (κ3) is 10.4. The van der Waals surface area contributed by atoms with Crippen molar-refractivity contribution < 1.29 is 33.5 Å². The number of rotatable bonds is 18. The van der Waals surface area contributed by atoms with Gasteiger partial charge in [0.25, 0.3) is 0 Å². The zero-order valence-electron chi connectivity index (χ0n) is 25.5. The van der Waals surface area contributed by atoms with Crippen LogP contribution in [0.25, 0.3) is 0 Å². The Morgan fingerprint density at radius 1 is 0.622 bits per heavy atom. The highest BCUT2D eigenvalue weighted by Gasteiger charge is 2.50. The summed E-state index contributed by atoms with van der Waals surface area (Å²) in [5, 5.41) is 0. The molecule has 45 heavy (non-hydrogen) atoms. The number of para-hydroxylation sites is 1. The number of ether oxygens (including phenoxy) is 5. The highest BCUT2D eigenvalue weighted by Crippen LogP contribution is 2.32. The van der Waals surface area contributed by atoms with Crippen LogP contribution in [0.3, 0.4) is 0 Å². The molecule has 1 aliphatic rings. The summed E-state index contributed by atoms with van der Waals surface area (Å²) in [5.41, 5.74) is 3.12. The van der Waals surface area contributed by atoms with Gasteiger partial charge in [-0.3, -0.25) is 0 Å². The van der Waals surface area contributed by atoms with Gasteiger partial charge in [-0.2, -0.15) is 0 Å². The van der Waals surface area contributed by atoms with Gasteiger partial charge in [-0.1, -0.05) is 115 Å². The maximum absolute atomic E-state index is 6.66. The highest BCUT2D eigenvalue weighted by atomic mass is 17.2. The Hall–Kier alpha value is -3.82. The van der Waals surface area contributed by atoms with E-state index in [1.54, 1.807) is 0 Å². The molecule has 7 heteroatoms. The molecule has 0 aliphatic carbocycles. The fourth-order valence-corrected chi connectivity index (χ4v) is 5.05. The molecule has 0 radical (unpaired) electrons. The Kier molecular flexibility index (Phi) is 13.2. The fraction of sp³-hybridized carbons (Fsp3) is 0.316. The molecule has 0 saturated carbocycles. The van der Waals surface area contributed by atoms with Crippen molar-refractivity contribution in [2.75, 3.05) is 13.2 Å². The molecule has 4 aromatic rings. The van der Waals surface area contributed by atoms with Gasteiger partial charge in [0.15, 0.2) is 6.10 Å². The molecule has 5 atom stereocenters. The summed E-state index contributed by atoms with van der Waals surface area (Å²) < 4.78 is 32.5. The average molecular weight is 611 g/mol. The normalized spacial score (nSPS) is 21.3. The molecule has 0 bridgehead atoms. The molecule has 0 aromatic heterocycles. The van der Waals surface area contributed by atoms with Gasteiger partial charge in [-0.15, -0.1) is 6.58 Å². The largest absolute Gasteiger partial charge is 0.462 e. The number of allylic oxidation sites excluding steroid dienone is 1. The van der Waals surface area contributed by atoms with Gasteiger partial charge in [0.2, 0.25) is 6.29 Å². The summed E-state index contributed by atoms with van der Waals surface area (Å²) in [6.45, 7) is 5.54. The molecule has 4 aromatic carbocycles. The molecule has 1 saturated heterocycles. The minimum absolute atomic E-state index is 0.251. The van der Waals surface area contributed by atoms with E-state index < -0.39 is 30.7 Å². The third-order valence-corrected chi connectivity index (χ3v) is 7.37. The number of unbranched alkanes of at least 4 members (excludes halogenated alkanes) is 1. The van der Waals surface area contributed by atoms with E-state index in [4.69, 9.17) is 33.5 Å². The minimum Gasteiger partial charge on any atom is -0.462 e. The van der Waals surface area contributed by atoms with Crippen LogP contribution >= 0.6 is 0 Å². The first kappa shape index (κ1) is 32.6. The van der Waals surface area contributed by atoms with Gasteiger partial charge in [-0.25, -0.2) is 9.78 Å². The fourth-order valence-electron chi connectivity index (χ4n) is 5.05. The smallest absolute Gasteiger partial charge is 0.232 e. The molecule has 0 N–H and O–H groups in total. The first-order valence-corrected chi connectivity index (χ1v) is 15.5. The van der Waals surface area contributed by atoms with Crippen LogP contribution in [0.4, 0.5) is 0 Å². The molecule has 1 aliphatic heterocycles. The Bertz CT molecular complexity index is 1350. The van der Waals surface area contributed by atoms with E-state index in [0.29, 0.717) is 32.2 Å². The summed E-state index contributed by atoms with van der Waals surface area (Å²) in [5.74, 6) is 0.636. The summed E-state index contributed by atoms with van der Waals surface area (Å²) in [4.78, 5) is 11.8. The zero-order valence-corrected chi connectivity index (χ0v) is 25.5. The van der Waals surface area contributed by atoms with Gasteiger partial charge >= 0.3 is 0 Å². The molecule has 0 unspecified atom stereocenters. The lowest BCUT2D eigenvalue weighted by Gasteiger charge is -2.45. The first-order chi connectivity index (χ1) is 22.3. The maximum Gasteiger partial charge on any atom is 0.232 e. The number of benzene rings is 4. The Morgan fingerprint density at radius 3 is 1.73 bits per heavy atom. The molecule has 0 amide bonds. The standard InChI is InChI=1S/C38H42O7/c1-2-3-16-25-42-45-37-36(41-28-32-21-12-6-13-22-32)35(40-27-31-19-10-5-11-20-31)34(29-39-26-30-17-8-4-9-18-30)44-38(37)43-33-23-14-7-15-24-33/h2,4-15,17-24,34-38H,1,3,16,25-29H2/t34-,35-,36+,37+,38-/m1/s1. The second-order valence-electron chi connectivity index (χ2n) is 10.8. The first-order valence-electron chi connectivity index (χ1n) is 15.5. The van der Waals surface area contributed by atoms with E-state index in [9.17, 15) is 0 Å². The van der Waals surface area contributed by atoms with E-state index in [0.717, 1.165) is 29.5 Å². The van der Waals surface area contributed by atoms with Crippen LogP contribution in [0.2, 0.25) is 0 Å². The molecule has 5 rings (SSSR count). The SMILES string of the molecule is C=CCCCOO[C@@H]1[C@H](Oc2ccccc2)O[C@H](COCc2ccccc2)[C@@H](OCc2ccccc2)[C@@H]1OCc1ccccc1. The molecule has 0 spiro atoms. The number of hydrogen-bond donors (Lipinski definition) is 0. The summed E-state index contributed by atoms with van der Waals surface area (Å²) in [6.07, 6.45) is 0.0643. The van der Waals surface area contributed by atoms with Crippen molar-refractivity contribution in [2.24, 2.45) is 0 Å². The predicted octanol–water partition coefficient (Wildman–Crippen LogP) is 7.46. The van der Waals surface area contributed by atoms with Crippen LogP contribution in [-0.4, -0.2) is 43.9 Å². The molecule has 7 nitrogen and oxygen atoms in total. The van der Waals surface area contributed by atoms with Gasteiger partial charge < -0.3 is 23.7 Å². The van der Waals surface area contributed by atoms with E-state index >= 15 is 0 Å². The predicted molar refractivity (Wildman–Crippen MR) is 172 cm³/mol. The van der Waals surface area contributed by atoms with Crippen molar-refractivity contribution in [3.63, 3.8) is 0 Å². The van der Waals surface area contributed by atoms with Crippen LogP contribution in [-0.2, 0) is 48.5 Å². The monoisotopic (exact) mass is 610 g/mol. The van der Waals surface area contributed by atoms with Crippen LogP contribution in [0.15, 0.2) is 134 Å². The van der Waals surface area contributed by atoms with Gasteiger partial charge in [0.1, 0.15) is 24.1 Å². The average Bonchev–Trinajstić information content (AvgIpc) is 3.09. The van der Waals surface area contributed by atoms with Crippen LogP contribution in [0.1, 0.15) is 29.5 Å². The quantitative estimate of drug-likeness (QED) is 0.0502. The van der Waals surface area contributed by atoms with Crippen LogP contribution in [0.5, 0.6) is 5.75 Å². The Balaban J connectivity index is 1.42. The van der Waals surface area contributed by atoms with E-state index in [2.05, 4.69) is 6.58 Å². The summed E-state index contributed by atoms with van der Waals surface area (Å²) in [7, 11) is 0. The lowest BCUT2D eigenvalue weighted by Crippen LogP contribution is -2.62. The Labute approximate surface area is 266 Å². The van der Waals surface area contributed by atoms with Crippen molar-refractivity contribution in [2.45, 2.75) is 63.4 Å². The minimum atomic E-state index is -0.866. The van der Waals surface area contributed by atoms with Crippen molar-refractivity contribution in [1.82, 2.24) is 0 Å². The Morgan fingerprint density at radius 2 is 1.16 bits per heavy atom. The lowest BCUT2D eigenvalue weighted by molar-refractivity contribution is -0.405. The summed E-state index contributed by atoms with van der Waals surface area (Å²) in [6, 6.07) is 39.6. The van der Waals surface area contributed by atoms with Crippen molar-refractivity contribution >= 4 is 0 Å². The van der Waals surface area contributed by atoms with E-state index in [-0.39, 0.29) is 6.61 Å². The second-order valence-corrected chi connectivity index (χ2v) is 10.8. The van der Waals surface area contributed by atoms with Gasteiger partial charge in [0, 0.05) is 0 Å². The van der Waals surface area contributed by atoms with Gasteiger partial charge in [0.05, 0.1) is 33.0 Å². The molecule has 1 heterocycles. The van der Waals surface area contributed by atoms with Crippen LogP contribution < -0.4 is 4.74 Å². The lowest BCUT2D eigenvalue weighted by atomic mass is 9.98. The van der Waals surface area contributed by atoms with Gasteiger partial charge in [-0.05, 0) is 41.7 Å². The molecular formula is C38H42O7. The summed E-state index contributed by atoms with van der Waals surface area (Å²) >= 11 is 0. The second kappa shape index (κ2) is 18.2. The maximum atomic E-state index is 6.66. The number of hydrogen-bond acceptors (Lipinski definition) is 7. The van der Waals surface area contributed by atoms with Crippen molar-refractivity contribution in [3.05, 3.63) is 151 Å². The topological polar surface area (TPSA) is 64.6 Å². The van der Waals surface area contributed by atoms with Crippen LogP contribution in [0, 0.1) is 0 Å². The molecule has 1 fully saturated rings. The molecular weight excluding hydrogens is 568 g/mol.